The van der Waals surface area contributed by atoms with Gasteiger partial charge in [0.25, 0.3) is 0 Å². The van der Waals surface area contributed by atoms with Gasteiger partial charge in [-0.1, -0.05) is 64.7 Å². The number of hydrogen-bond donors (Lipinski definition) is 0. The summed E-state index contributed by atoms with van der Waals surface area (Å²) in [4.78, 5) is -0.216. The SMILES string of the molecule is CCCCCCCCCCCCSC(C)(CC(C)(C)OC)/N=N/C(C)(C)C. The molecular weight excluding hydrogens is 352 g/mol. The fourth-order valence-corrected chi connectivity index (χ4v) is 4.45. The van der Waals surface area contributed by atoms with Crippen molar-refractivity contribution in [2.45, 2.75) is 135 Å². The summed E-state index contributed by atoms with van der Waals surface area (Å²) in [5, 5.41) is 9.32. The van der Waals surface area contributed by atoms with Crippen molar-refractivity contribution in [3.8, 4) is 0 Å². The molecule has 0 aromatic heterocycles. The lowest BCUT2D eigenvalue weighted by Gasteiger charge is -2.33. The molecule has 0 aliphatic rings. The zero-order valence-electron chi connectivity index (χ0n) is 19.7. The van der Waals surface area contributed by atoms with E-state index in [1.54, 1.807) is 7.11 Å². The van der Waals surface area contributed by atoms with Crippen LogP contribution in [0.2, 0.25) is 0 Å². The Kier molecular flexibility index (Phi) is 13.9. The Bertz CT molecular complexity index is 390. The molecule has 0 aromatic rings. The molecule has 3 nitrogen and oxygen atoms in total. The third-order valence-corrected chi connectivity index (χ3v) is 6.12. The summed E-state index contributed by atoms with van der Waals surface area (Å²) in [5.74, 6) is 1.15. The Balaban J connectivity index is 4.17. The highest BCUT2D eigenvalue weighted by atomic mass is 32.2. The molecule has 0 bridgehead atoms. The van der Waals surface area contributed by atoms with Gasteiger partial charge in [0.2, 0.25) is 0 Å². The number of rotatable bonds is 16. The number of methoxy groups -OCH3 is 1. The second-order valence-electron chi connectivity index (χ2n) is 9.72. The molecule has 0 fully saturated rings. The molecule has 27 heavy (non-hydrogen) atoms. The van der Waals surface area contributed by atoms with Gasteiger partial charge in [0.15, 0.2) is 0 Å². The lowest BCUT2D eigenvalue weighted by molar-refractivity contribution is 0.00798. The number of hydrogen-bond acceptors (Lipinski definition) is 4. The molecule has 0 amide bonds. The fraction of sp³-hybridized carbons (Fsp3) is 1.00. The summed E-state index contributed by atoms with van der Waals surface area (Å²) < 4.78 is 5.66. The second kappa shape index (κ2) is 14.0. The van der Waals surface area contributed by atoms with Crippen LogP contribution < -0.4 is 0 Å². The van der Waals surface area contributed by atoms with Gasteiger partial charge in [0.1, 0.15) is 4.87 Å². The smallest absolute Gasteiger partial charge is 0.126 e. The van der Waals surface area contributed by atoms with Crippen LogP contribution in [0.3, 0.4) is 0 Å². The molecular formula is C23H48N2OS. The molecule has 0 aliphatic carbocycles. The average Bonchev–Trinajstić information content (AvgIpc) is 2.57. The maximum Gasteiger partial charge on any atom is 0.126 e. The molecule has 0 N–H and O–H groups in total. The largest absolute Gasteiger partial charge is 0.379 e. The monoisotopic (exact) mass is 400 g/mol. The highest BCUT2D eigenvalue weighted by Crippen LogP contribution is 2.37. The van der Waals surface area contributed by atoms with Gasteiger partial charge in [-0.2, -0.15) is 10.2 Å². The lowest BCUT2D eigenvalue weighted by Crippen LogP contribution is -2.34. The summed E-state index contributed by atoms with van der Waals surface area (Å²) in [6, 6.07) is 0. The third kappa shape index (κ3) is 16.6. The first-order chi connectivity index (χ1) is 12.5. The van der Waals surface area contributed by atoms with Crippen LogP contribution in [0, 0.1) is 0 Å². The molecule has 0 aromatic carbocycles. The van der Waals surface area contributed by atoms with Crippen molar-refractivity contribution in [2.24, 2.45) is 10.2 Å². The van der Waals surface area contributed by atoms with Crippen LogP contribution in [0.4, 0.5) is 0 Å². The van der Waals surface area contributed by atoms with Crippen molar-refractivity contribution in [1.82, 2.24) is 0 Å². The first-order valence-electron chi connectivity index (χ1n) is 11.2. The number of nitrogens with zero attached hydrogens (tertiary/aromatic N) is 2. The van der Waals surface area contributed by atoms with Gasteiger partial charge in [0.05, 0.1) is 11.1 Å². The van der Waals surface area contributed by atoms with E-state index in [0.717, 1.165) is 12.2 Å². The van der Waals surface area contributed by atoms with Gasteiger partial charge < -0.3 is 4.74 Å². The lowest BCUT2D eigenvalue weighted by atomic mass is 10.00. The van der Waals surface area contributed by atoms with E-state index >= 15 is 0 Å². The second-order valence-corrected chi connectivity index (χ2v) is 11.3. The molecule has 0 heterocycles. The van der Waals surface area contributed by atoms with Crippen LogP contribution >= 0.6 is 11.8 Å². The maximum absolute atomic E-state index is 5.66. The van der Waals surface area contributed by atoms with Crippen LogP contribution in [0.25, 0.3) is 0 Å². The van der Waals surface area contributed by atoms with Crippen LogP contribution in [-0.4, -0.2) is 28.9 Å². The van der Waals surface area contributed by atoms with Gasteiger partial charge in [0, 0.05) is 13.5 Å². The van der Waals surface area contributed by atoms with Gasteiger partial charge >= 0.3 is 0 Å². The zero-order valence-corrected chi connectivity index (χ0v) is 20.5. The Morgan fingerprint density at radius 2 is 1.19 bits per heavy atom. The van der Waals surface area contributed by atoms with Crippen LogP contribution in [0.5, 0.6) is 0 Å². The molecule has 0 saturated heterocycles. The summed E-state index contributed by atoms with van der Waals surface area (Å²) >= 11 is 1.94. The molecule has 0 radical (unpaired) electrons. The van der Waals surface area contributed by atoms with E-state index < -0.39 is 0 Å². The van der Waals surface area contributed by atoms with E-state index in [1.165, 1.54) is 64.2 Å². The summed E-state index contributed by atoms with van der Waals surface area (Å²) in [7, 11) is 1.79. The number of thioether (sulfide) groups is 1. The average molecular weight is 401 g/mol. The normalized spacial score (nSPS) is 15.4. The van der Waals surface area contributed by atoms with Crippen molar-refractivity contribution in [2.75, 3.05) is 12.9 Å². The minimum absolute atomic E-state index is 0.129. The first kappa shape index (κ1) is 26.9. The third-order valence-electron chi connectivity index (χ3n) is 4.78. The Hall–Kier alpha value is -0.0900. The zero-order chi connectivity index (χ0) is 20.8. The predicted molar refractivity (Wildman–Crippen MR) is 123 cm³/mol. The van der Waals surface area contributed by atoms with Crippen molar-refractivity contribution in [3.05, 3.63) is 0 Å². The van der Waals surface area contributed by atoms with Crippen molar-refractivity contribution >= 4 is 11.8 Å². The first-order valence-corrected chi connectivity index (χ1v) is 12.2. The number of azo groups is 1. The highest BCUT2D eigenvalue weighted by molar-refractivity contribution is 8.00. The standard InChI is InChI=1S/C23H48N2OS/c1-9-10-11-12-13-14-15-16-17-18-19-27-23(7,20-22(5,6)26-8)25-24-21(2,3)4/h9-20H2,1-8H3/b25-24+. The van der Waals surface area contributed by atoms with Gasteiger partial charge in [-0.25, -0.2) is 0 Å². The van der Waals surface area contributed by atoms with Crippen molar-refractivity contribution in [3.63, 3.8) is 0 Å². The predicted octanol–water partition coefficient (Wildman–Crippen LogP) is 8.42. The summed E-state index contributed by atoms with van der Waals surface area (Å²) in [5.41, 5.74) is -0.313. The molecule has 162 valence electrons. The fourth-order valence-electron chi connectivity index (χ4n) is 3.11. The quantitative estimate of drug-likeness (QED) is 0.192. The molecule has 0 saturated carbocycles. The Morgan fingerprint density at radius 1 is 0.704 bits per heavy atom. The summed E-state index contributed by atoms with van der Waals surface area (Å²) in [6.45, 7) is 15.1. The Morgan fingerprint density at radius 3 is 1.63 bits per heavy atom. The molecule has 1 atom stereocenters. The van der Waals surface area contributed by atoms with Gasteiger partial charge in [-0.15, -0.1) is 11.8 Å². The highest BCUT2D eigenvalue weighted by Gasteiger charge is 2.33. The van der Waals surface area contributed by atoms with Crippen LogP contribution in [-0.2, 0) is 4.74 Å². The molecule has 0 aliphatic heterocycles. The Labute approximate surface area is 174 Å². The van der Waals surface area contributed by atoms with E-state index in [9.17, 15) is 0 Å². The van der Waals surface area contributed by atoms with Gasteiger partial charge in [-0.3, -0.25) is 0 Å². The number of ether oxygens (including phenoxy) is 1. The maximum atomic E-state index is 5.66. The number of unbranched alkanes of at least 4 members (excludes halogenated alkanes) is 9. The van der Waals surface area contributed by atoms with E-state index in [0.29, 0.717) is 0 Å². The van der Waals surface area contributed by atoms with Crippen molar-refractivity contribution < 1.29 is 4.74 Å². The van der Waals surface area contributed by atoms with Crippen LogP contribution in [0.1, 0.15) is 119 Å². The van der Waals surface area contributed by atoms with E-state index in [4.69, 9.17) is 9.85 Å². The molecule has 4 heteroatoms. The topological polar surface area (TPSA) is 34.0 Å². The molecule has 0 rings (SSSR count). The van der Waals surface area contributed by atoms with Crippen LogP contribution in [0.15, 0.2) is 10.2 Å². The summed E-state index contributed by atoms with van der Waals surface area (Å²) in [6.07, 6.45) is 14.7. The molecule has 0 spiro atoms. The van der Waals surface area contributed by atoms with E-state index in [1.807, 2.05) is 11.8 Å². The van der Waals surface area contributed by atoms with E-state index in [2.05, 4.69) is 53.6 Å². The minimum atomic E-state index is -0.216. The van der Waals surface area contributed by atoms with Crippen molar-refractivity contribution in [1.29, 1.82) is 0 Å². The molecule has 1 unspecified atom stereocenters. The van der Waals surface area contributed by atoms with Gasteiger partial charge in [-0.05, 0) is 53.7 Å². The minimum Gasteiger partial charge on any atom is -0.379 e. The van der Waals surface area contributed by atoms with E-state index in [-0.39, 0.29) is 16.0 Å².